The molecular formula is C21H26N2O3. The number of ether oxygens (including phenoxy) is 2. The van der Waals surface area contributed by atoms with E-state index in [1.54, 1.807) is 0 Å². The van der Waals surface area contributed by atoms with E-state index in [1.165, 1.54) is 5.56 Å². The van der Waals surface area contributed by atoms with Gasteiger partial charge in [-0.05, 0) is 31.0 Å². The summed E-state index contributed by atoms with van der Waals surface area (Å²) in [7, 11) is 0. The van der Waals surface area contributed by atoms with Crippen LogP contribution in [0.2, 0.25) is 0 Å². The highest BCUT2D eigenvalue weighted by Crippen LogP contribution is 2.26. The van der Waals surface area contributed by atoms with Crippen molar-refractivity contribution in [3.05, 3.63) is 60.2 Å². The first-order chi connectivity index (χ1) is 12.7. The molecule has 1 N–H and O–H groups in total. The molecule has 0 saturated carbocycles. The number of nitrogens with one attached hydrogen (secondary N) is 1. The standard InChI is InChI=1S/C21H26N2O3/c1-2-25-19-10-6-7-11-20(19)26-13-12-23-15-18(22-21(24)16-23)14-17-8-4-3-5-9-17/h3-11,18H,2,12-16H2,1H3,(H,22,24)/t18-/m0/s1. The number of piperazine rings is 1. The zero-order valence-electron chi connectivity index (χ0n) is 15.2. The van der Waals surface area contributed by atoms with Crippen molar-refractivity contribution in [3.63, 3.8) is 0 Å². The Hall–Kier alpha value is -2.53. The van der Waals surface area contributed by atoms with Gasteiger partial charge in [0.25, 0.3) is 0 Å². The molecule has 1 atom stereocenters. The van der Waals surface area contributed by atoms with Gasteiger partial charge >= 0.3 is 0 Å². The first-order valence-corrected chi connectivity index (χ1v) is 9.15. The SMILES string of the molecule is CCOc1ccccc1OCCN1CC(=O)N[C@@H](Cc2ccccc2)C1. The van der Waals surface area contributed by atoms with Gasteiger partial charge in [-0.25, -0.2) is 0 Å². The van der Waals surface area contributed by atoms with E-state index in [2.05, 4.69) is 22.3 Å². The van der Waals surface area contributed by atoms with E-state index in [9.17, 15) is 4.79 Å². The van der Waals surface area contributed by atoms with Crippen LogP contribution in [-0.4, -0.2) is 49.7 Å². The molecule has 1 fully saturated rings. The van der Waals surface area contributed by atoms with Crippen LogP contribution in [0.1, 0.15) is 12.5 Å². The fourth-order valence-electron chi connectivity index (χ4n) is 3.21. The summed E-state index contributed by atoms with van der Waals surface area (Å²) in [6.45, 7) is 5.04. The Balaban J connectivity index is 1.50. The van der Waals surface area contributed by atoms with Gasteiger partial charge in [0.1, 0.15) is 6.61 Å². The first-order valence-electron chi connectivity index (χ1n) is 9.15. The Labute approximate surface area is 154 Å². The molecule has 1 saturated heterocycles. The first kappa shape index (κ1) is 18.3. The molecule has 2 aromatic carbocycles. The zero-order valence-corrected chi connectivity index (χ0v) is 15.2. The van der Waals surface area contributed by atoms with Crippen LogP contribution in [-0.2, 0) is 11.2 Å². The number of para-hydroxylation sites is 2. The Morgan fingerprint density at radius 3 is 2.46 bits per heavy atom. The van der Waals surface area contributed by atoms with Gasteiger partial charge in [-0.1, -0.05) is 42.5 Å². The minimum atomic E-state index is 0.0758. The van der Waals surface area contributed by atoms with Crippen LogP contribution in [0.4, 0.5) is 0 Å². The van der Waals surface area contributed by atoms with Crippen LogP contribution >= 0.6 is 0 Å². The van der Waals surface area contributed by atoms with Crippen molar-refractivity contribution < 1.29 is 14.3 Å². The summed E-state index contributed by atoms with van der Waals surface area (Å²) in [5.74, 6) is 1.58. The number of amides is 1. The molecule has 0 spiro atoms. The summed E-state index contributed by atoms with van der Waals surface area (Å²) < 4.78 is 11.5. The summed E-state index contributed by atoms with van der Waals surface area (Å²) in [5, 5.41) is 3.09. The van der Waals surface area contributed by atoms with Crippen molar-refractivity contribution in [2.45, 2.75) is 19.4 Å². The molecule has 0 bridgehead atoms. The molecule has 0 aliphatic carbocycles. The molecule has 138 valence electrons. The van der Waals surface area contributed by atoms with Crippen LogP contribution < -0.4 is 14.8 Å². The molecule has 0 unspecified atom stereocenters. The Bertz CT molecular complexity index is 705. The smallest absolute Gasteiger partial charge is 0.234 e. The van der Waals surface area contributed by atoms with E-state index in [4.69, 9.17) is 9.47 Å². The summed E-state index contributed by atoms with van der Waals surface area (Å²) in [6, 6.07) is 18.1. The Kier molecular flexibility index (Phi) is 6.50. The number of benzene rings is 2. The minimum Gasteiger partial charge on any atom is -0.490 e. The van der Waals surface area contributed by atoms with Crippen LogP contribution in [0.5, 0.6) is 11.5 Å². The molecule has 26 heavy (non-hydrogen) atoms. The summed E-state index contributed by atoms with van der Waals surface area (Å²) in [4.78, 5) is 14.2. The molecule has 5 heteroatoms. The largest absolute Gasteiger partial charge is 0.490 e. The van der Waals surface area contributed by atoms with Gasteiger partial charge in [0.15, 0.2) is 11.5 Å². The quantitative estimate of drug-likeness (QED) is 0.791. The lowest BCUT2D eigenvalue weighted by Crippen LogP contribution is -2.55. The second-order valence-electron chi connectivity index (χ2n) is 6.42. The molecule has 1 aliphatic rings. The van der Waals surface area contributed by atoms with Crippen molar-refractivity contribution in [2.24, 2.45) is 0 Å². The van der Waals surface area contributed by atoms with Crippen molar-refractivity contribution in [3.8, 4) is 11.5 Å². The Morgan fingerprint density at radius 2 is 1.73 bits per heavy atom. The van der Waals surface area contributed by atoms with Gasteiger partial charge < -0.3 is 14.8 Å². The number of carbonyl (C=O) groups is 1. The van der Waals surface area contributed by atoms with Gasteiger partial charge in [0, 0.05) is 19.1 Å². The third-order valence-electron chi connectivity index (χ3n) is 4.35. The van der Waals surface area contributed by atoms with E-state index < -0.39 is 0 Å². The van der Waals surface area contributed by atoms with Crippen molar-refractivity contribution in [1.82, 2.24) is 10.2 Å². The zero-order chi connectivity index (χ0) is 18.2. The van der Waals surface area contributed by atoms with Crippen LogP contribution in [0.15, 0.2) is 54.6 Å². The second-order valence-corrected chi connectivity index (χ2v) is 6.42. The lowest BCUT2D eigenvalue weighted by Gasteiger charge is -2.33. The molecule has 0 aromatic heterocycles. The minimum absolute atomic E-state index is 0.0758. The number of carbonyl (C=O) groups excluding carboxylic acids is 1. The van der Waals surface area contributed by atoms with E-state index in [1.807, 2.05) is 49.4 Å². The predicted molar refractivity (Wildman–Crippen MR) is 102 cm³/mol. The summed E-state index contributed by atoms with van der Waals surface area (Å²) >= 11 is 0. The van der Waals surface area contributed by atoms with E-state index in [-0.39, 0.29) is 11.9 Å². The molecule has 5 nitrogen and oxygen atoms in total. The van der Waals surface area contributed by atoms with Crippen molar-refractivity contribution in [2.75, 3.05) is 32.8 Å². The maximum atomic E-state index is 12.0. The highest BCUT2D eigenvalue weighted by atomic mass is 16.5. The predicted octanol–water partition coefficient (Wildman–Crippen LogP) is 2.51. The molecule has 0 radical (unpaired) electrons. The average Bonchev–Trinajstić information content (AvgIpc) is 2.64. The molecule has 1 amide bonds. The van der Waals surface area contributed by atoms with Gasteiger partial charge in [0.2, 0.25) is 5.91 Å². The summed E-state index contributed by atoms with van der Waals surface area (Å²) in [6.07, 6.45) is 0.844. The fourth-order valence-corrected chi connectivity index (χ4v) is 3.21. The highest BCUT2D eigenvalue weighted by Gasteiger charge is 2.24. The van der Waals surface area contributed by atoms with Crippen LogP contribution in [0.3, 0.4) is 0 Å². The normalized spacial score (nSPS) is 17.6. The maximum Gasteiger partial charge on any atom is 0.234 e. The van der Waals surface area contributed by atoms with E-state index >= 15 is 0 Å². The maximum absolute atomic E-state index is 12.0. The van der Waals surface area contributed by atoms with Gasteiger partial charge in [-0.15, -0.1) is 0 Å². The number of hydrogen-bond donors (Lipinski definition) is 1. The fraction of sp³-hybridized carbons (Fsp3) is 0.381. The topological polar surface area (TPSA) is 50.8 Å². The molecule has 1 heterocycles. The lowest BCUT2D eigenvalue weighted by molar-refractivity contribution is -0.125. The third kappa shape index (κ3) is 5.23. The number of nitrogens with zero attached hydrogens (tertiary/aromatic N) is 1. The van der Waals surface area contributed by atoms with Crippen molar-refractivity contribution >= 4 is 5.91 Å². The van der Waals surface area contributed by atoms with E-state index in [0.717, 1.165) is 24.5 Å². The molecule has 1 aliphatic heterocycles. The van der Waals surface area contributed by atoms with E-state index in [0.29, 0.717) is 26.3 Å². The van der Waals surface area contributed by atoms with Crippen LogP contribution in [0, 0.1) is 0 Å². The summed E-state index contributed by atoms with van der Waals surface area (Å²) in [5.41, 5.74) is 1.24. The lowest BCUT2D eigenvalue weighted by atomic mass is 10.0. The Morgan fingerprint density at radius 1 is 1.04 bits per heavy atom. The molecular weight excluding hydrogens is 328 g/mol. The second kappa shape index (κ2) is 9.25. The third-order valence-corrected chi connectivity index (χ3v) is 4.35. The van der Waals surface area contributed by atoms with Gasteiger partial charge in [0.05, 0.1) is 13.2 Å². The van der Waals surface area contributed by atoms with Crippen molar-refractivity contribution in [1.29, 1.82) is 0 Å². The molecule has 2 aromatic rings. The average molecular weight is 354 g/mol. The number of rotatable bonds is 8. The monoisotopic (exact) mass is 354 g/mol. The number of hydrogen-bond acceptors (Lipinski definition) is 4. The highest BCUT2D eigenvalue weighted by molar-refractivity contribution is 5.79. The van der Waals surface area contributed by atoms with Gasteiger partial charge in [-0.3, -0.25) is 9.69 Å². The van der Waals surface area contributed by atoms with Crippen LogP contribution in [0.25, 0.3) is 0 Å². The molecule has 3 rings (SSSR count). The van der Waals surface area contributed by atoms with Gasteiger partial charge in [-0.2, -0.15) is 0 Å².